The molecule has 2 atom stereocenters. The lowest BCUT2D eigenvalue weighted by Crippen LogP contribution is -2.44. The third-order valence-corrected chi connectivity index (χ3v) is 5.64. The number of hydrogen-bond acceptors (Lipinski definition) is 6. The maximum absolute atomic E-state index is 13.3. The molecule has 0 aliphatic heterocycles. The first-order chi connectivity index (χ1) is 14.7. The molecule has 2 amide bonds. The summed E-state index contributed by atoms with van der Waals surface area (Å²) in [5.74, 6) is -2.24. The first-order valence-electron chi connectivity index (χ1n) is 10.3. The third-order valence-electron chi connectivity index (χ3n) is 4.57. The monoisotopic (exact) mass is 489 g/mol. The van der Waals surface area contributed by atoms with Gasteiger partial charge in [0, 0.05) is 18.0 Å². The molecule has 11 heteroatoms. The highest BCUT2D eigenvalue weighted by Gasteiger charge is 2.21. The molecular weight excluding hydrogens is 460 g/mol. The Morgan fingerprint density at radius 1 is 1.09 bits per heavy atom. The van der Waals surface area contributed by atoms with Crippen LogP contribution in [0.25, 0.3) is 0 Å². The molecule has 2 unspecified atom stereocenters. The van der Waals surface area contributed by atoms with E-state index in [-0.39, 0.29) is 30.3 Å². The molecule has 3 N–H and O–H groups in total. The molecule has 178 valence electrons. The van der Waals surface area contributed by atoms with Crippen LogP contribution in [0.3, 0.4) is 0 Å². The number of benzene rings is 1. The van der Waals surface area contributed by atoms with Gasteiger partial charge in [0.15, 0.2) is 0 Å². The van der Waals surface area contributed by atoms with Gasteiger partial charge in [0.05, 0.1) is 6.42 Å². The number of nitrogens with zero attached hydrogens (tertiary/aromatic N) is 2. The van der Waals surface area contributed by atoms with Crippen LogP contribution in [-0.2, 0) is 16.0 Å². The number of nitrogens with one attached hydrogen (secondary N) is 3. The fourth-order valence-electron chi connectivity index (χ4n) is 2.89. The van der Waals surface area contributed by atoms with Crippen molar-refractivity contribution < 1.29 is 18.4 Å². The topological polar surface area (TPSA) is 96.0 Å². The quantitative estimate of drug-likeness (QED) is 0.446. The van der Waals surface area contributed by atoms with Crippen molar-refractivity contribution in [3.05, 3.63) is 40.4 Å². The largest absolute Gasteiger partial charge is 0.344 e. The summed E-state index contributed by atoms with van der Waals surface area (Å²) < 4.78 is 26.6. The van der Waals surface area contributed by atoms with Crippen LogP contribution in [-0.4, -0.2) is 40.6 Å². The minimum absolute atomic E-state index is 0. The van der Waals surface area contributed by atoms with E-state index >= 15 is 0 Å². The van der Waals surface area contributed by atoms with E-state index in [2.05, 4.69) is 46.9 Å². The van der Waals surface area contributed by atoms with Crippen molar-refractivity contribution in [1.29, 1.82) is 0 Å². The first kappa shape index (κ1) is 27.9. The van der Waals surface area contributed by atoms with E-state index in [9.17, 15) is 18.4 Å². The van der Waals surface area contributed by atoms with Crippen LogP contribution in [0.2, 0.25) is 0 Å². The molecule has 0 aliphatic rings. The normalized spacial score (nSPS) is 12.7. The molecule has 7 nitrogen and oxygen atoms in total. The van der Waals surface area contributed by atoms with Crippen molar-refractivity contribution in [2.45, 2.75) is 65.0 Å². The molecule has 0 radical (unpaired) electrons. The maximum atomic E-state index is 13.3. The molecule has 1 aromatic carbocycles. The Labute approximate surface area is 197 Å². The van der Waals surface area contributed by atoms with Gasteiger partial charge in [0.1, 0.15) is 22.7 Å². The number of carbonyl (C=O) groups excluding carboxylic acids is 2. The average Bonchev–Trinajstić information content (AvgIpc) is 3.13. The fourth-order valence-corrected chi connectivity index (χ4v) is 3.72. The van der Waals surface area contributed by atoms with Gasteiger partial charge in [-0.25, -0.2) is 8.78 Å². The molecule has 0 saturated carbocycles. The van der Waals surface area contributed by atoms with Gasteiger partial charge in [0.25, 0.3) is 0 Å². The lowest BCUT2D eigenvalue weighted by Gasteiger charge is -2.16. The highest BCUT2D eigenvalue weighted by molar-refractivity contribution is 7.15. The van der Waals surface area contributed by atoms with E-state index in [0.29, 0.717) is 17.6 Å². The van der Waals surface area contributed by atoms with Crippen molar-refractivity contribution in [3.63, 3.8) is 0 Å². The Morgan fingerprint density at radius 3 is 2.34 bits per heavy atom. The van der Waals surface area contributed by atoms with Crippen LogP contribution in [0, 0.1) is 11.6 Å². The molecule has 1 aromatic heterocycles. The van der Waals surface area contributed by atoms with Gasteiger partial charge in [-0.15, -0.1) is 22.6 Å². The van der Waals surface area contributed by atoms with Crippen molar-refractivity contribution in [2.24, 2.45) is 0 Å². The van der Waals surface area contributed by atoms with Gasteiger partial charge in [-0.3, -0.25) is 14.9 Å². The van der Waals surface area contributed by atoms with Gasteiger partial charge in [-0.2, -0.15) is 0 Å². The van der Waals surface area contributed by atoms with Gasteiger partial charge in [-0.1, -0.05) is 39.0 Å². The van der Waals surface area contributed by atoms with Gasteiger partial charge in [-0.05, 0) is 37.1 Å². The molecule has 32 heavy (non-hydrogen) atoms. The molecule has 0 fully saturated rings. The summed E-state index contributed by atoms with van der Waals surface area (Å²) in [5.41, 5.74) is 0.194. The lowest BCUT2D eigenvalue weighted by molar-refractivity contribution is -0.126. The molecule has 2 aromatic rings. The minimum Gasteiger partial charge on any atom is -0.344 e. The highest BCUT2D eigenvalue weighted by Crippen LogP contribution is 2.25. The minimum atomic E-state index is -0.800. The van der Waals surface area contributed by atoms with Crippen LogP contribution < -0.4 is 16.0 Å². The van der Waals surface area contributed by atoms with Gasteiger partial charge in [0.2, 0.25) is 16.9 Å². The number of halogens is 3. The Morgan fingerprint density at radius 2 is 1.75 bits per heavy atom. The summed E-state index contributed by atoms with van der Waals surface area (Å²) >= 11 is 1.30. The summed E-state index contributed by atoms with van der Waals surface area (Å²) in [6, 6.07) is 2.53. The van der Waals surface area contributed by atoms with Crippen LogP contribution in [0.1, 0.15) is 57.0 Å². The Bertz CT molecular complexity index is 877. The second kappa shape index (κ2) is 13.4. The second-order valence-corrected chi connectivity index (χ2v) is 8.73. The first-order valence-corrected chi connectivity index (χ1v) is 11.1. The van der Waals surface area contributed by atoms with Crippen LogP contribution >= 0.6 is 23.7 Å². The summed E-state index contributed by atoms with van der Waals surface area (Å²) in [6.07, 6.45) is 1.01. The van der Waals surface area contributed by atoms with E-state index in [1.54, 1.807) is 6.92 Å². The van der Waals surface area contributed by atoms with Gasteiger partial charge >= 0.3 is 0 Å². The molecule has 2 rings (SSSR count). The Balaban J connectivity index is 0.00000512. The fraction of sp³-hybridized carbons (Fsp3) is 0.524. The standard InChI is InChI=1S/C21H29F2N5O2S.ClH/c1-5-17(25-18(29)10-14-8-15(22)11-16(23)9-14)19(30)26-21-28-27-20(31-21)13(4)6-7-24-12(2)3;/h8-9,11-13,17,24H,5-7,10H2,1-4H3,(H,25,29)(H,26,28,30);1H. The third kappa shape index (κ3) is 9.13. The Hall–Kier alpha value is -2.17. The molecule has 0 bridgehead atoms. The number of carbonyl (C=O) groups is 2. The Kier molecular flexibility index (Phi) is 11.7. The number of anilines is 1. The predicted molar refractivity (Wildman–Crippen MR) is 124 cm³/mol. The number of rotatable bonds is 11. The van der Waals surface area contributed by atoms with E-state index in [1.165, 1.54) is 11.3 Å². The highest BCUT2D eigenvalue weighted by atomic mass is 35.5. The average molecular weight is 490 g/mol. The number of aromatic nitrogens is 2. The number of hydrogen-bond donors (Lipinski definition) is 3. The summed E-state index contributed by atoms with van der Waals surface area (Å²) in [7, 11) is 0. The van der Waals surface area contributed by atoms with Crippen LogP contribution in [0.15, 0.2) is 18.2 Å². The zero-order valence-corrected chi connectivity index (χ0v) is 20.2. The van der Waals surface area contributed by atoms with Crippen molar-refractivity contribution in [1.82, 2.24) is 20.8 Å². The summed E-state index contributed by atoms with van der Waals surface area (Å²) in [5, 5.41) is 18.0. The second-order valence-electron chi connectivity index (χ2n) is 7.72. The van der Waals surface area contributed by atoms with Crippen LogP contribution in [0.4, 0.5) is 13.9 Å². The predicted octanol–water partition coefficient (Wildman–Crippen LogP) is 3.81. The van der Waals surface area contributed by atoms with Crippen molar-refractivity contribution in [2.75, 3.05) is 11.9 Å². The van der Waals surface area contributed by atoms with Crippen molar-refractivity contribution in [3.8, 4) is 0 Å². The maximum Gasteiger partial charge on any atom is 0.248 e. The van der Waals surface area contributed by atoms with E-state index in [1.807, 2.05) is 0 Å². The zero-order valence-electron chi connectivity index (χ0n) is 18.6. The van der Waals surface area contributed by atoms with Gasteiger partial charge < -0.3 is 10.6 Å². The van der Waals surface area contributed by atoms with E-state index in [0.717, 1.165) is 36.2 Å². The molecule has 0 aliphatic carbocycles. The molecule has 0 spiro atoms. The van der Waals surface area contributed by atoms with Crippen LogP contribution in [0.5, 0.6) is 0 Å². The molecule has 1 heterocycles. The molecule has 0 saturated heterocycles. The zero-order chi connectivity index (χ0) is 23.0. The SMILES string of the molecule is CCC(NC(=O)Cc1cc(F)cc(F)c1)C(=O)Nc1nnc(C(C)CCNC(C)C)s1.Cl. The number of amides is 2. The smallest absolute Gasteiger partial charge is 0.248 e. The van der Waals surface area contributed by atoms with E-state index < -0.39 is 29.5 Å². The molecular formula is C21H30ClF2N5O2S. The van der Waals surface area contributed by atoms with Crippen molar-refractivity contribution >= 4 is 40.7 Å². The lowest BCUT2D eigenvalue weighted by atomic mass is 10.1. The van der Waals surface area contributed by atoms with E-state index in [4.69, 9.17) is 0 Å². The summed E-state index contributed by atoms with van der Waals surface area (Å²) in [4.78, 5) is 24.8. The summed E-state index contributed by atoms with van der Waals surface area (Å²) in [6.45, 7) is 8.84.